The second-order valence-corrected chi connectivity index (χ2v) is 10.1. The van der Waals surface area contributed by atoms with E-state index in [1.165, 1.54) is 0 Å². The van der Waals surface area contributed by atoms with Crippen molar-refractivity contribution >= 4 is 13.9 Å². The summed E-state index contributed by atoms with van der Waals surface area (Å²) in [4.78, 5) is 11.1. The van der Waals surface area contributed by atoms with E-state index in [4.69, 9.17) is 0 Å². The third kappa shape index (κ3) is 4.35. The van der Waals surface area contributed by atoms with Gasteiger partial charge in [-0.2, -0.15) is 0 Å². The Morgan fingerprint density at radius 2 is 1.82 bits per heavy atom. The van der Waals surface area contributed by atoms with Crippen molar-refractivity contribution in [3.8, 4) is 0 Å². The van der Waals surface area contributed by atoms with Crippen LogP contribution in [0.5, 0.6) is 0 Å². The number of rotatable bonds is 4. The van der Waals surface area contributed by atoms with Crippen LogP contribution in [0.2, 0.25) is 25.2 Å². The maximum absolute atomic E-state index is 11.1. The summed E-state index contributed by atoms with van der Waals surface area (Å²) in [5, 5.41) is 0. The molecule has 0 radical (unpaired) electrons. The molecule has 0 bridgehead atoms. The number of Topliss-reactive ketones (excluding diaryl/α,β-unsaturated/α-hetero) is 1. The molecule has 0 amide bonds. The van der Waals surface area contributed by atoms with Crippen molar-refractivity contribution in [3.05, 3.63) is 0 Å². The molecule has 0 fully saturated rings. The normalized spacial score (nSPS) is 14.6. The Morgan fingerprint density at radius 3 is 2.09 bits per heavy atom. The average Bonchev–Trinajstić information content (AvgIpc) is 1.85. The minimum Gasteiger partial charge on any atom is -0.300 e. The standard InChI is InChI=1S/C9H20OSi/c1-6-9(10)7-8(2)11(3,4)5/h8H,6-7H2,1-5H3/t8-/m1/s1. The first-order valence-corrected chi connectivity index (χ1v) is 7.97. The van der Waals surface area contributed by atoms with Crippen molar-refractivity contribution in [1.29, 1.82) is 0 Å². The lowest BCUT2D eigenvalue weighted by Gasteiger charge is -2.24. The molecule has 0 heterocycles. The van der Waals surface area contributed by atoms with Crippen LogP contribution >= 0.6 is 0 Å². The lowest BCUT2D eigenvalue weighted by Crippen LogP contribution is -2.27. The molecule has 0 rings (SSSR count). The molecule has 0 aliphatic rings. The first-order valence-electron chi connectivity index (χ1n) is 4.39. The van der Waals surface area contributed by atoms with E-state index in [9.17, 15) is 4.79 Å². The molecule has 1 atom stereocenters. The van der Waals surface area contributed by atoms with E-state index in [1.807, 2.05) is 6.92 Å². The van der Waals surface area contributed by atoms with Crippen LogP contribution in [-0.2, 0) is 4.79 Å². The van der Waals surface area contributed by atoms with Gasteiger partial charge in [0.25, 0.3) is 0 Å². The van der Waals surface area contributed by atoms with E-state index in [0.29, 0.717) is 17.7 Å². The Balaban J connectivity index is 3.87. The molecule has 66 valence electrons. The van der Waals surface area contributed by atoms with Gasteiger partial charge in [-0.05, 0) is 5.54 Å². The fraction of sp³-hybridized carbons (Fsp3) is 0.889. The third-order valence-electron chi connectivity index (χ3n) is 2.41. The van der Waals surface area contributed by atoms with Crippen LogP contribution in [0.4, 0.5) is 0 Å². The van der Waals surface area contributed by atoms with E-state index in [2.05, 4.69) is 26.6 Å². The molecule has 0 aliphatic heterocycles. The van der Waals surface area contributed by atoms with Gasteiger partial charge in [-0.1, -0.05) is 33.5 Å². The second-order valence-electron chi connectivity index (χ2n) is 4.36. The van der Waals surface area contributed by atoms with Gasteiger partial charge in [0.15, 0.2) is 0 Å². The SMILES string of the molecule is CCC(=O)C[C@@H](C)[Si](C)(C)C. The molecule has 0 N–H and O–H groups in total. The minimum absolute atomic E-state index is 0.417. The topological polar surface area (TPSA) is 17.1 Å². The molecular formula is C9H20OSi. The highest BCUT2D eigenvalue weighted by atomic mass is 28.3. The van der Waals surface area contributed by atoms with Crippen LogP contribution in [0.15, 0.2) is 0 Å². The predicted molar refractivity (Wildman–Crippen MR) is 52.7 cm³/mol. The van der Waals surface area contributed by atoms with Gasteiger partial charge < -0.3 is 0 Å². The third-order valence-corrected chi connectivity index (χ3v) is 5.57. The molecule has 0 spiro atoms. The molecule has 0 saturated carbocycles. The molecule has 1 nitrogen and oxygen atoms in total. The second kappa shape index (κ2) is 4.05. The summed E-state index contributed by atoms with van der Waals surface area (Å²) < 4.78 is 0. The van der Waals surface area contributed by atoms with Crippen molar-refractivity contribution < 1.29 is 4.79 Å². The van der Waals surface area contributed by atoms with Crippen molar-refractivity contribution in [2.24, 2.45) is 0 Å². The summed E-state index contributed by atoms with van der Waals surface area (Å²) >= 11 is 0. The molecule has 0 unspecified atom stereocenters. The number of hydrogen-bond acceptors (Lipinski definition) is 1. The largest absolute Gasteiger partial charge is 0.300 e. The summed E-state index contributed by atoms with van der Waals surface area (Å²) in [6.07, 6.45) is 1.50. The van der Waals surface area contributed by atoms with Gasteiger partial charge in [0, 0.05) is 20.9 Å². The van der Waals surface area contributed by atoms with Gasteiger partial charge in [-0.15, -0.1) is 0 Å². The van der Waals surface area contributed by atoms with E-state index in [1.54, 1.807) is 0 Å². The number of carbonyl (C=O) groups excluding carboxylic acids is 1. The lowest BCUT2D eigenvalue weighted by atomic mass is 10.2. The van der Waals surface area contributed by atoms with Gasteiger partial charge in [-0.3, -0.25) is 4.79 Å². The molecule has 0 aromatic heterocycles. The maximum atomic E-state index is 11.1. The fourth-order valence-electron chi connectivity index (χ4n) is 0.792. The van der Waals surface area contributed by atoms with Gasteiger partial charge in [0.1, 0.15) is 5.78 Å². The first-order chi connectivity index (χ1) is 4.88. The van der Waals surface area contributed by atoms with Crippen molar-refractivity contribution in [2.45, 2.75) is 51.9 Å². The summed E-state index contributed by atoms with van der Waals surface area (Å²) in [5.74, 6) is 0.417. The highest BCUT2D eigenvalue weighted by molar-refractivity contribution is 6.77. The smallest absolute Gasteiger partial charge is 0.132 e. The van der Waals surface area contributed by atoms with Crippen molar-refractivity contribution in [1.82, 2.24) is 0 Å². The van der Waals surface area contributed by atoms with Gasteiger partial charge in [0.05, 0.1) is 0 Å². The van der Waals surface area contributed by atoms with E-state index in [-0.39, 0.29) is 0 Å². The van der Waals surface area contributed by atoms with E-state index >= 15 is 0 Å². The van der Waals surface area contributed by atoms with Gasteiger partial charge in [-0.25, -0.2) is 0 Å². The lowest BCUT2D eigenvalue weighted by molar-refractivity contribution is -0.118. The number of carbonyl (C=O) groups is 1. The van der Waals surface area contributed by atoms with Crippen LogP contribution in [0.1, 0.15) is 26.7 Å². The zero-order valence-corrected chi connectivity index (χ0v) is 9.40. The van der Waals surface area contributed by atoms with Crippen LogP contribution < -0.4 is 0 Å². The highest BCUT2D eigenvalue weighted by Gasteiger charge is 2.23. The summed E-state index contributed by atoms with van der Waals surface area (Å²) in [6.45, 7) is 11.1. The monoisotopic (exact) mass is 172 g/mol. The molecule has 0 aromatic rings. The Morgan fingerprint density at radius 1 is 1.36 bits per heavy atom. The molecule has 0 saturated heterocycles. The first kappa shape index (κ1) is 10.9. The van der Waals surface area contributed by atoms with E-state index < -0.39 is 8.07 Å². The zero-order chi connectivity index (χ0) is 9.07. The van der Waals surface area contributed by atoms with Crippen LogP contribution in [0.25, 0.3) is 0 Å². The van der Waals surface area contributed by atoms with Crippen LogP contribution in [0, 0.1) is 0 Å². The Kier molecular flexibility index (Phi) is 4.01. The van der Waals surface area contributed by atoms with Crippen LogP contribution in [0.3, 0.4) is 0 Å². The Hall–Kier alpha value is -0.113. The fourth-order valence-corrected chi connectivity index (χ4v) is 1.63. The van der Waals surface area contributed by atoms with Crippen molar-refractivity contribution in [2.75, 3.05) is 0 Å². The maximum Gasteiger partial charge on any atom is 0.132 e. The summed E-state index contributed by atoms with van der Waals surface area (Å²) in [6, 6.07) is 0. The van der Waals surface area contributed by atoms with Gasteiger partial charge >= 0.3 is 0 Å². The Labute approximate surface area is 71.2 Å². The summed E-state index contributed by atoms with van der Waals surface area (Å²) in [7, 11) is -1.06. The predicted octanol–water partition coefficient (Wildman–Crippen LogP) is 3.08. The highest BCUT2D eigenvalue weighted by Crippen LogP contribution is 2.24. The minimum atomic E-state index is -1.06. The Bertz CT molecular complexity index is 135. The zero-order valence-electron chi connectivity index (χ0n) is 8.40. The average molecular weight is 172 g/mol. The quantitative estimate of drug-likeness (QED) is 0.596. The number of ketones is 1. The van der Waals surface area contributed by atoms with Gasteiger partial charge in [0.2, 0.25) is 0 Å². The number of hydrogen-bond donors (Lipinski definition) is 0. The van der Waals surface area contributed by atoms with E-state index in [0.717, 1.165) is 6.42 Å². The molecule has 2 heteroatoms. The molecular weight excluding hydrogens is 152 g/mol. The molecule has 0 aliphatic carbocycles. The molecule has 0 aromatic carbocycles. The summed E-state index contributed by atoms with van der Waals surface area (Å²) in [5.41, 5.74) is 0.634. The van der Waals surface area contributed by atoms with Crippen molar-refractivity contribution in [3.63, 3.8) is 0 Å². The van der Waals surface area contributed by atoms with Crippen LogP contribution in [-0.4, -0.2) is 13.9 Å². The molecule has 11 heavy (non-hydrogen) atoms.